The number of carbonyl (C=O) groups is 2. The monoisotopic (exact) mass is 425 g/mol. The third kappa shape index (κ3) is 4.19. The van der Waals surface area contributed by atoms with Gasteiger partial charge in [0.1, 0.15) is 11.2 Å². The van der Waals surface area contributed by atoms with Gasteiger partial charge < -0.3 is 10.2 Å². The minimum atomic E-state index is -0.382. The maximum absolute atomic E-state index is 12.8. The van der Waals surface area contributed by atoms with E-state index in [-0.39, 0.29) is 29.5 Å². The van der Waals surface area contributed by atoms with Crippen molar-refractivity contribution < 1.29 is 9.59 Å². The first-order valence-corrected chi connectivity index (χ1v) is 9.93. The quantitative estimate of drug-likeness (QED) is 0.688. The number of hydrogen-bond donors (Lipinski definition) is 1. The number of halogens is 1. The smallest absolute Gasteiger partial charge is 0.270 e. The van der Waals surface area contributed by atoms with Crippen molar-refractivity contribution >= 4 is 34.7 Å². The molecule has 3 aromatic rings. The zero-order chi connectivity index (χ0) is 21.1. The van der Waals surface area contributed by atoms with E-state index in [4.69, 9.17) is 11.6 Å². The molecular formula is C21H20ClN5O3. The topological polar surface area (TPSA) is 87.0 Å². The highest BCUT2D eigenvalue weighted by atomic mass is 35.5. The van der Waals surface area contributed by atoms with Gasteiger partial charge in [0, 0.05) is 38.6 Å². The summed E-state index contributed by atoms with van der Waals surface area (Å²) in [6.07, 6.45) is 2.93. The predicted octanol–water partition coefficient (Wildman–Crippen LogP) is 1.74. The summed E-state index contributed by atoms with van der Waals surface area (Å²) in [5, 5.41) is 3.28. The summed E-state index contributed by atoms with van der Waals surface area (Å²) in [7, 11) is 0. The molecule has 0 bridgehead atoms. The van der Waals surface area contributed by atoms with Crippen LogP contribution < -0.4 is 10.9 Å². The van der Waals surface area contributed by atoms with Gasteiger partial charge in [-0.2, -0.15) is 0 Å². The number of piperazine rings is 1. The third-order valence-corrected chi connectivity index (χ3v) is 5.35. The minimum absolute atomic E-state index is 0.0450. The number of anilines is 1. The summed E-state index contributed by atoms with van der Waals surface area (Å²) in [5.41, 5.74) is 0.728. The number of carbonyl (C=O) groups excluding carboxylic acids is 2. The average Bonchev–Trinajstić information content (AvgIpc) is 2.76. The molecule has 0 aliphatic carbocycles. The van der Waals surface area contributed by atoms with Crippen molar-refractivity contribution in [3.05, 3.63) is 75.8 Å². The fraction of sp³-hybridized carbons (Fsp3) is 0.238. The second-order valence-corrected chi connectivity index (χ2v) is 7.41. The number of nitrogens with zero attached hydrogens (tertiary/aromatic N) is 4. The number of aromatic nitrogens is 2. The SMILES string of the molecule is O=C(CN1CCN(C(=O)c2cnc3ccccn3c2=O)CC1)Nc1ccccc1Cl. The number of benzene rings is 1. The van der Waals surface area contributed by atoms with E-state index < -0.39 is 0 Å². The maximum atomic E-state index is 12.8. The molecule has 4 rings (SSSR count). The first-order chi connectivity index (χ1) is 14.5. The summed E-state index contributed by atoms with van der Waals surface area (Å²) >= 11 is 6.07. The van der Waals surface area contributed by atoms with Crippen molar-refractivity contribution in [2.24, 2.45) is 0 Å². The second kappa shape index (κ2) is 8.64. The van der Waals surface area contributed by atoms with Crippen molar-refractivity contribution in [3.63, 3.8) is 0 Å². The Morgan fingerprint density at radius 2 is 1.77 bits per heavy atom. The Kier molecular flexibility index (Phi) is 5.78. The lowest BCUT2D eigenvalue weighted by Crippen LogP contribution is -2.51. The molecule has 1 aromatic carbocycles. The summed E-state index contributed by atoms with van der Waals surface area (Å²) < 4.78 is 1.36. The van der Waals surface area contributed by atoms with Crippen LogP contribution in [0.1, 0.15) is 10.4 Å². The van der Waals surface area contributed by atoms with E-state index >= 15 is 0 Å². The van der Waals surface area contributed by atoms with E-state index in [0.717, 1.165) is 0 Å². The van der Waals surface area contributed by atoms with Crippen LogP contribution in [0.5, 0.6) is 0 Å². The average molecular weight is 426 g/mol. The number of rotatable bonds is 4. The molecule has 8 nitrogen and oxygen atoms in total. The number of amides is 2. The maximum Gasteiger partial charge on any atom is 0.270 e. The van der Waals surface area contributed by atoms with Crippen LogP contribution in [-0.2, 0) is 4.79 Å². The molecule has 0 atom stereocenters. The van der Waals surface area contributed by atoms with Crippen molar-refractivity contribution in [1.29, 1.82) is 0 Å². The first-order valence-electron chi connectivity index (χ1n) is 9.55. The normalized spacial score (nSPS) is 14.6. The van der Waals surface area contributed by atoms with E-state index in [9.17, 15) is 14.4 Å². The molecule has 2 amide bonds. The predicted molar refractivity (Wildman–Crippen MR) is 114 cm³/mol. The van der Waals surface area contributed by atoms with E-state index in [1.165, 1.54) is 10.6 Å². The van der Waals surface area contributed by atoms with Crippen LogP contribution in [0.4, 0.5) is 5.69 Å². The molecule has 30 heavy (non-hydrogen) atoms. The van der Waals surface area contributed by atoms with Crippen LogP contribution in [-0.4, -0.2) is 63.7 Å². The molecule has 154 valence electrons. The molecule has 0 spiro atoms. The molecule has 3 heterocycles. The van der Waals surface area contributed by atoms with Crippen LogP contribution >= 0.6 is 11.6 Å². The summed E-state index contributed by atoms with van der Waals surface area (Å²) in [5.74, 6) is -0.509. The molecule has 0 unspecified atom stereocenters. The fourth-order valence-corrected chi connectivity index (χ4v) is 3.59. The van der Waals surface area contributed by atoms with Gasteiger partial charge >= 0.3 is 0 Å². The van der Waals surface area contributed by atoms with Crippen molar-refractivity contribution in [1.82, 2.24) is 19.2 Å². The molecule has 1 aliphatic heterocycles. The van der Waals surface area contributed by atoms with E-state index in [1.807, 2.05) is 4.90 Å². The fourth-order valence-electron chi connectivity index (χ4n) is 3.41. The Hall–Kier alpha value is -3.23. The van der Waals surface area contributed by atoms with Gasteiger partial charge in [0.05, 0.1) is 17.3 Å². The molecule has 9 heteroatoms. The lowest BCUT2D eigenvalue weighted by molar-refractivity contribution is -0.117. The Morgan fingerprint density at radius 1 is 1.03 bits per heavy atom. The number of hydrogen-bond acceptors (Lipinski definition) is 5. The number of nitrogens with one attached hydrogen (secondary N) is 1. The number of pyridine rings is 1. The van der Waals surface area contributed by atoms with Gasteiger partial charge in [-0.3, -0.25) is 23.7 Å². The molecule has 0 saturated carbocycles. The number of fused-ring (bicyclic) bond motifs is 1. The Bertz CT molecular complexity index is 1150. The van der Waals surface area contributed by atoms with Gasteiger partial charge in [0.2, 0.25) is 5.91 Å². The second-order valence-electron chi connectivity index (χ2n) is 7.00. The van der Waals surface area contributed by atoms with Crippen LogP contribution in [0, 0.1) is 0 Å². The van der Waals surface area contributed by atoms with Gasteiger partial charge in [-0.1, -0.05) is 29.8 Å². The number of para-hydroxylation sites is 1. The van der Waals surface area contributed by atoms with Crippen LogP contribution in [0.2, 0.25) is 5.02 Å². The highest BCUT2D eigenvalue weighted by Gasteiger charge is 2.25. The van der Waals surface area contributed by atoms with E-state index in [1.54, 1.807) is 53.6 Å². The lowest BCUT2D eigenvalue weighted by atomic mass is 10.2. The summed E-state index contributed by atoms with van der Waals surface area (Å²) in [6, 6.07) is 12.3. The standard InChI is InChI=1S/C21H20ClN5O3/c22-16-5-1-2-6-17(16)24-19(28)14-25-9-11-26(12-10-25)20(29)15-13-23-18-7-3-4-8-27(18)21(15)30/h1-8,13H,9-12,14H2,(H,24,28). The molecular weight excluding hydrogens is 406 g/mol. The van der Waals surface area contributed by atoms with Gasteiger partial charge in [0.15, 0.2) is 0 Å². The van der Waals surface area contributed by atoms with Gasteiger partial charge in [-0.05, 0) is 24.3 Å². The summed E-state index contributed by atoms with van der Waals surface area (Å²) in [4.78, 5) is 45.5. The summed E-state index contributed by atoms with van der Waals surface area (Å²) in [6.45, 7) is 2.12. The van der Waals surface area contributed by atoms with E-state index in [0.29, 0.717) is 42.5 Å². The molecule has 1 saturated heterocycles. The van der Waals surface area contributed by atoms with Gasteiger partial charge in [-0.25, -0.2) is 4.98 Å². The van der Waals surface area contributed by atoms with Crippen LogP contribution in [0.3, 0.4) is 0 Å². The molecule has 2 aromatic heterocycles. The Morgan fingerprint density at radius 3 is 2.53 bits per heavy atom. The van der Waals surface area contributed by atoms with Gasteiger partial charge in [0.25, 0.3) is 11.5 Å². The lowest BCUT2D eigenvalue weighted by Gasteiger charge is -2.34. The molecule has 1 N–H and O–H groups in total. The van der Waals surface area contributed by atoms with E-state index in [2.05, 4.69) is 10.3 Å². The first kappa shape index (κ1) is 20.1. The van der Waals surface area contributed by atoms with Crippen LogP contribution in [0.15, 0.2) is 59.7 Å². The van der Waals surface area contributed by atoms with Crippen molar-refractivity contribution in [2.45, 2.75) is 0 Å². The zero-order valence-electron chi connectivity index (χ0n) is 16.1. The van der Waals surface area contributed by atoms with Gasteiger partial charge in [-0.15, -0.1) is 0 Å². The third-order valence-electron chi connectivity index (χ3n) is 5.02. The van der Waals surface area contributed by atoms with Crippen molar-refractivity contribution in [3.8, 4) is 0 Å². The Labute approximate surface area is 177 Å². The largest absolute Gasteiger partial charge is 0.336 e. The highest BCUT2D eigenvalue weighted by molar-refractivity contribution is 6.33. The van der Waals surface area contributed by atoms with Crippen LogP contribution in [0.25, 0.3) is 5.65 Å². The highest BCUT2D eigenvalue weighted by Crippen LogP contribution is 2.20. The Balaban J connectivity index is 1.36. The molecule has 0 radical (unpaired) electrons. The molecule has 1 aliphatic rings. The zero-order valence-corrected chi connectivity index (χ0v) is 16.9. The molecule has 1 fully saturated rings. The minimum Gasteiger partial charge on any atom is -0.336 e. The van der Waals surface area contributed by atoms with Crippen molar-refractivity contribution in [2.75, 3.05) is 38.0 Å².